The topological polar surface area (TPSA) is 118 Å². The SMILES string of the molecule is COc1ccc(-c2nc3c(C(=O)N(CCN(C)[C@@H](C)c4ccc(NC(N)=O)cc4)C(C)C)cnn3c(C(F)(F)F)c2C)cc1. The number of ether oxygens (including phenoxy) is 1. The number of amides is 3. The average Bonchev–Trinajstić information content (AvgIpc) is 3.38. The average molecular weight is 612 g/mol. The van der Waals surface area contributed by atoms with Crippen molar-refractivity contribution >= 4 is 23.3 Å². The van der Waals surface area contributed by atoms with Crippen molar-refractivity contribution in [1.29, 1.82) is 0 Å². The molecule has 2 aromatic carbocycles. The molecule has 10 nitrogen and oxygen atoms in total. The fourth-order valence-corrected chi connectivity index (χ4v) is 5.04. The molecule has 4 rings (SSSR count). The minimum atomic E-state index is -4.75. The summed E-state index contributed by atoms with van der Waals surface area (Å²) < 4.78 is 49.0. The third kappa shape index (κ3) is 6.77. The summed E-state index contributed by atoms with van der Waals surface area (Å²) in [5.74, 6) is 0.0794. The number of anilines is 1. The van der Waals surface area contributed by atoms with E-state index in [0.29, 0.717) is 34.6 Å². The minimum Gasteiger partial charge on any atom is -0.497 e. The molecule has 0 fully saturated rings. The largest absolute Gasteiger partial charge is 0.497 e. The fraction of sp³-hybridized carbons (Fsp3) is 0.355. The molecule has 3 amide bonds. The van der Waals surface area contributed by atoms with Gasteiger partial charge in [0.05, 0.1) is 19.0 Å². The molecule has 0 saturated heterocycles. The van der Waals surface area contributed by atoms with Gasteiger partial charge in [0.15, 0.2) is 11.3 Å². The van der Waals surface area contributed by atoms with E-state index in [1.165, 1.54) is 14.0 Å². The predicted molar refractivity (Wildman–Crippen MR) is 162 cm³/mol. The monoisotopic (exact) mass is 611 g/mol. The second kappa shape index (κ2) is 12.9. The second-order valence-electron chi connectivity index (χ2n) is 10.8. The molecule has 0 saturated carbocycles. The van der Waals surface area contributed by atoms with Gasteiger partial charge in [0, 0.05) is 42.0 Å². The maximum absolute atomic E-state index is 14.4. The van der Waals surface area contributed by atoms with Gasteiger partial charge in [-0.05, 0) is 76.7 Å². The van der Waals surface area contributed by atoms with E-state index in [1.807, 2.05) is 40.0 Å². The fourth-order valence-electron chi connectivity index (χ4n) is 5.04. The Morgan fingerprint density at radius 2 is 1.68 bits per heavy atom. The zero-order valence-corrected chi connectivity index (χ0v) is 25.4. The van der Waals surface area contributed by atoms with Gasteiger partial charge in [-0.1, -0.05) is 12.1 Å². The van der Waals surface area contributed by atoms with Crippen LogP contribution in [0.4, 0.5) is 23.7 Å². The number of urea groups is 1. The van der Waals surface area contributed by atoms with Crippen LogP contribution in [0.3, 0.4) is 0 Å². The lowest BCUT2D eigenvalue weighted by Crippen LogP contribution is -2.42. The van der Waals surface area contributed by atoms with E-state index in [-0.39, 0.29) is 34.6 Å². The highest BCUT2D eigenvalue weighted by atomic mass is 19.4. The first kappa shape index (κ1) is 32.3. The Morgan fingerprint density at radius 3 is 2.23 bits per heavy atom. The van der Waals surface area contributed by atoms with E-state index < -0.39 is 23.8 Å². The van der Waals surface area contributed by atoms with Crippen molar-refractivity contribution in [2.75, 3.05) is 32.6 Å². The van der Waals surface area contributed by atoms with Gasteiger partial charge in [-0.15, -0.1) is 0 Å². The van der Waals surface area contributed by atoms with E-state index in [1.54, 1.807) is 41.3 Å². The summed E-state index contributed by atoms with van der Waals surface area (Å²) in [4.78, 5) is 33.2. The summed E-state index contributed by atoms with van der Waals surface area (Å²) in [7, 11) is 3.41. The number of hydrogen-bond acceptors (Lipinski definition) is 6. The zero-order valence-electron chi connectivity index (χ0n) is 25.4. The van der Waals surface area contributed by atoms with E-state index >= 15 is 0 Å². The van der Waals surface area contributed by atoms with Crippen LogP contribution in [-0.2, 0) is 6.18 Å². The summed E-state index contributed by atoms with van der Waals surface area (Å²) in [6, 6.07) is 12.9. The molecule has 0 spiro atoms. The number of nitrogens with one attached hydrogen (secondary N) is 1. The minimum absolute atomic E-state index is 0.0211. The summed E-state index contributed by atoms with van der Waals surface area (Å²) >= 11 is 0. The van der Waals surface area contributed by atoms with Gasteiger partial charge in [0.25, 0.3) is 5.91 Å². The number of carbonyl (C=O) groups is 2. The van der Waals surface area contributed by atoms with Crippen molar-refractivity contribution in [3.63, 3.8) is 0 Å². The number of alkyl halides is 3. The third-order valence-corrected chi connectivity index (χ3v) is 7.65. The Balaban J connectivity index is 1.63. The zero-order chi connectivity index (χ0) is 32.3. The Labute approximate surface area is 253 Å². The molecule has 44 heavy (non-hydrogen) atoms. The van der Waals surface area contributed by atoms with E-state index in [2.05, 4.69) is 20.3 Å². The molecule has 0 unspecified atom stereocenters. The lowest BCUT2D eigenvalue weighted by atomic mass is 10.0. The Kier molecular flexibility index (Phi) is 9.47. The van der Waals surface area contributed by atoms with Crippen LogP contribution in [-0.4, -0.2) is 69.6 Å². The maximum atomic E-state index is 14.4. The number of benzene rings is 2. The highest BCUT2D eigenvalue weighted by Crippen LogP contribution is 2.37. The number of rotatable bonds is 10. The standard InChI is InChI=1S/C31H36F3N7O3/c1-18(2)40(16-15-39(5)20(4)21-7-11-23(12-8-21)37-30(35)43)29(42)25-17-36-41-27(31(32,33)34)19(3)26(38-28(25)41)22-9-13-24(44-6)14-10-22/h7-14,17-18,20H,15-16H2,1-6H3,(H3,35,37,43)/t20-/m0/s1. The number of fused-ring (bicyclic) bond motifs is 1. The van der Waals surface area contributed by atoms with Gasteiger partial charge in [0.2, 0.25) is 0 Å². The normalized spacial score (nSPS) is 12.5. The van der Waals surface area contributed by atoms with E-state index in [0.717, 1.165) is 11.8 Å². The molecule has 0 aliphatic heterocycles. The summed E-state index contributed by atoms with van der Waals surface area (Å²) in [6.45, 7) is 7.83. The highest BCUT2D eigenvalue weighted by Gasteiger charge is 2.39. The Hall–Kier alpha value is -4.65. The molecular weight excluding hydrogens is 575 g/mol. The molecule has 234 valence electrons. The van der Waals surface area contributed by atoms with Gasteiger partial charge in [0.1, 0.15) is 11.3 Å². The molecule has 2 aromatic heterocycles. The van der Waals surface area contributed by atoms with Crippen LogP contribution in [0.15, 0.2) is 54.7 Å². The number of likely N-dealkylation sites (N-methyl/N-ethyl adjacent to an activating group) is 1. The molecule has 0 bridgehead atoms. The molecule has 0 radical (unpaired) electrons. The first-order chi connectivity index (χ1) is 20.7. The van der Waals surface area contributed by atoms with Crippen molar-refractivity contribution in [2.45, 2.75) is 46.0 Å². The van der Waals surface area contributed by atoms with Crippen LogP contribution in [0.25, 0.3) is 16.9 Å². The van der Waals surface area contributed by atoms with Crippen LogP contribution in [0.1, 0.15) is 54.0 Å². The lowest BCUT2D eigenvalue weighted by molar-refractivity contribution is -0.143. The van der Waals surface area contributed by atoms with Crippen molar-refractivity contribution < 1.29 is 27.5 Å². The molecule has 13 heteroatoms. The number of aromatic nitrogens is 3. The molecule has 0 aliphatic carbocycles. The van der Waals surface area contributed by atoms with Crippen LogP contribution < -0.4 is 15.8 Å². The van der Waals surface area contributed by atoms with Crippen molar-refractivity contribution in [3.05, 3.63) is 77.1 Å². The quantitative estimate of drug-likeness (QED) is 0.235. The van der Waals surface area contributed by atoms with Gasteiger partial charge in [-0.3, -0.25) is 9.69 Å². The number of primary amides is 1. The van der Waals surface area contributed by atoms with Crippen LogP contribution in [0, 0.1) is 6.92 Å². The number of carbonyl (C=O) groups excluding carboxylic acids is 2. The van der Waals surface area contributed by atoms with Crippen molar-refractivity contribution in [3.8, 4) is 17.0 Å². The van der Waals surface area contributed by atoms with Crippen LogP contribution >= 0.6 is 0 Å². The van der Waals surface area contributed by atoms with Crippen molar-refractivity contribution in [2.24, 2.45) is 5.73 Å². The molecule has 1 atom stereocenters. The number of nitrogens with two attached hydrogens (primary N) is 1. The number of hydrogen-bond donors (Lipinski definition) is 2. The van der Waals surface area contributed by atoms with Gasteiger partial charge in [-0.25, -0.2) is 14.3 Å². The first-order valence-corrected chi connectivity index (χ1v) is 14.0. The highest BCUT2D eigenvalue weighted by molar-refractivity contribution is 6.00. The molecule has 4 aromatic rings. The molecule has 0 aliphatic rings. The Morgan fingerprint density at radius 1 is 1.05 bits per heavy atom. The number of nitrogens with zero attached hydrogens (tertiary/aromatic N) is 5. The smallest absolute Gasteiger partial charge is 0.433 e. The Bertz CT molecular complexity index is 1630. The van der Waals surface area contributed by atoms with Crippen LogP contribution in [0.5, 0.6) is 5.75 Å². The van der Waals surface area contributed by atoms with Crippen molar-refractivity contribution in [1.82, 2.24) is 24.4 Å². The van der Waals surface area contributed by atoms with E-state index in [4.69, 9.17) is 10.5 Å². The van der Waals surface area contributed by atoms with E-state index in [9.17, 15) is 22.8 Å². The summed E-state index contributed by atoms with van der Waals surface area (Å²) in [5, 5.41) is 6.51. The molecule has 2 heterocycles. The van der Waals surface area contributed by atoms with Gasteiger partial charge >= 0.3 is 12.2 Å². The van der Waals surface area contributed by atoms with Gasteiger partial charge in [-0.2, -0.15) is 18.3 Å². The number of methoxy groups -OCH3 is 1. The summed E-state index contributed by atoms with van der Waals surface area (Å²) in [5.41, 5.74) is 6.00. The third-order valence-electron chi connectivity index (χ3n) is 7.65. The predicted octanol–water partition coefficient (Wildman–Crippen LogP) is 5.77. The van der Waals surface area contributed by atoms with Crippen LogP contribution in [0.2, 0.25) is 0 Å². The van der Waals surface area contributed by atoms with Gasteiger partial charge < -0.3 is 20.7 Å². The molecule has 3 N–H and O–H groups in total. The second-order valence-corrected chi connectivity index (χ2v) is 10.8. The maximum Gasteiger partial charge on any atom is 0.433 e. The lowest BCUT2D eigenvalue weighted by Gasteiger charge is -2.31. The summed E-state index contributed by atoms with van der Waals surface area (Å²) in [6.07, 6.45) is -3.59. The molecular formula is C31H36F3N7O3. The first-order valence-electron chi connectivity index (χ1n) is 14.0. The number of halogens is 3.